The zero-order valence-electron chi connectivity index (χ0n) is 16.6. The smallest absolute Gasteiger partial charge is 0.337 e. The van der Waals surface area contributed by atoms with Crippen molar-refractivity contribution < 1.29 is 28.4 Å². The molecule has 1 unspecified atom stereocenters. The maximum atomic E-state index is 13.0. The molecular weight excluding hydrogens is 392 g/mol. The second-order valence-corrected chi connectivity index (χ2v) is 6.63. The predicted molar refractivity (Wildman–Crippen MR) is 105 cm³/mol. The third kappa shape index (κ3) is 4.09. The number of benzene rings is 1. The predicted octanol–water partition coefficient (Wildman–Crippen LogP) is 3.34. The minimum absolute atomic E-state index is 0.0967. The van der Waals surface area contributed by atoms with Gasteiger partial charge in [-0.15, -0.1) is 0 Å². The van der Waals surface area contributed by atoms with Crippen molar-refractivity contribution >= 4 is 17.6 Å². The number of nitrogens with zero attached hydrogens (tertiary/aromatic N) is 1. The number of non-ortho nitro benzene ring substituents is 1. The molecule has 1 N–H and O–H groups in total. The van der Waals surface area contributed by atoms with Gasteiger partial charge in [0.2, 0.25) is 0 Å². The van der Waals surface area contributed by atoms with E-state index in [0.29, 0.717) is 22.7 Å². The molecule has 0 bridgehead atoms. The third-order valence-electron chi connectivity index (χ3n) is 4.73. The molecule has 0 spiro atoms. The minimum Gasteiger partial charge on any atom is -0.466 e. The maximum Gasteiger partial charge on any atom is 0.337 e. The SMILES string of the molecule is COC(=O)C1=C(C)NC(C)=C(C(=O)OCc2ccco2)C1c1cccc([N+](=O)[O-])c1. The van der Waals surface area contributed by atoms with E-state index in [2.05, 4.69) is 5.32 Å². The first-order chi connectivity index (χ1) is 14.3. The van der Waals surface area contributed by atoms with Gasteiger partial charge in [-0.05, 0) is 31.5 Å². The number of esters is 2. The molecule has 0 amide bonds. The highest BCUT2D eigenvalue weighted by Crippen LogP contribution is 2.40. The number of methoxy groups -OCH3 is 1. The van der Waals surface area contributed by atoms with Crippen LogP contribution in [-0.2, 0) is 25.7 Å². The molecule has 1 atom stereocenters. The van der Waals surface area contributed by atoms with E-state index in [1.54, 1.807) is 32.0 Å². The Labute approximate surface area is 172 Å². The number of dihydropyridines is 1. The van der Waals surface area contributed by atoms with Crippen molar-refractivity contribution in [1.29, 1.82) is 0 Å². The standard InChI is InChI=1S/C21H20N2O7/c1-12-17(20(24)28-3)19(14-6-4-7-15(10-14)23(26)27)18(13(2)22-12)21(25)30-11-16-8-5-9-29-16/h4-10,19,22H,11H2,1-3H3. The summed E-state index contributed by atoms with van der Waals surface area (Å²) in [5, 5.41) is 14.3. The van der Waals surface area contributed by atoms with Gasteiger partial charge in [0.15, 0.2) is 0 Å². The number of nitrogens with one attached hydrogen (secondary N) is 1. The average Bonchev–Trinajstić information content (AvgIpc) is 3.24. The van der Waals surface area contributed by atoms with Gasteiger partial charge in [0, 0.05) is 23.5 Å². The Morgan fingerprint density at radius 1 is 1.13 bits per heavy atom. The molecule has 0 saturated heterocycles. The fourth-order valence-electron chi connectivity index (χ4n) is 3.41. The molecule has 3 rings (SSSR count). The Morgan fingerprint density at radius 3 is 2.43 bits per heavy atom. The fraction of sp³-hybridized carbons (Fsp3) is 0.238. The number of allylic oxidation sites excluding steroid dienone is 2. The van der Waals surface area contributed by atoms with Crippen LogP contribution in [-0.4, -0.2) is 24.0 Å². The summed E-state index contributed by atoms with van der Waals surface area (Å²) >= 11 is 0. The van der Waals surface area contributed by atoms with Gasteiger partial charge in [-0.1, -0.05) is 12.1 Å². The van der Waals surface area contributed by atoms with E-state index in [-0.39, 0.29) is 23.4 Å². The molecule has 30 heavy (non-hydrogen) atoms. The molecule has 0 saturated carbocycles. The lowest BCUT2D eigenvalue weighted by atomic mass is 9.80. The zero-order chi connectivity index (χ0) is 21.8. The Balaban J connectivity index is 2.06. The van der Waals surface area contributed by atoms with Gasteiger partial charge < -0.3 is 19.2 Å². The second-order valence-electron chi connectivity index (χ2n) is 6.63. The van der Waals surface area contributed by atoms with E-state index >= 15 is 0 Å². The van der Waals surface area contributed by atoms with Crippen LogP contribution in [0.25, 0.3) is 0 Å². The number of hydrogen-bond acceptors (Lipinski definition) is 8. The van der Waals surface area contributed by atoms with Gasteiger partial charge in [-0.25, -0.2) is 9.59 Å². The number of nitro benzene ring substituents is 1. The Bertz CT molecular complexity index is 1050. The first-order valence-corrected chi connectivity index (χ1v) is 9.04. The van der Waals surface area contributed by atoms with Crippen LogP contribution < -0.4 is 5.32 Å². The fourth-order valence-corrected chi connectivity index (χ4v) is 3.41. The van der Waals surface area contributed by atoms with Gasteiger partial charge >= 0.3 is 11.9 Å². The van der Waals surface area contributed by atoms with Crippen LogP contribution in [0.2, 0.25) is 0 Å². The number of furan rings is 1. The van der Waals surface area contributed by atoms with Gasteiger partial charge in [0.1, 0.15) is 12.4 Å². The first-order valence-electron chi connectivity index (χ1n) is 9.04. The normalized spacial score (nSPS) is 16.2. The monoisotopic (exact) mass is 412 g/mol. The van der Waals surface area contributed by atoms with Gasteiger partial charge in [0.25, 0.3) is 5.69 Å². The summed E-state index contributed by atoms with van der Waals surface area (Å²) in [4.78, 5) is 36.3. The van der Waals surface area contributed by atoms with Crippen LogP contribution in [0.5, 0.6) is 0 Å². The minimum atomic E-state index is -0.900. The van der Waals surface area contributed by atoms with Crippen LogP contribution in [0.3, 0.4) is 0 Å². The molecule has 0 radical (unpaired) electrons. The Kier molecular flexibility index (Phi) is 6.01. The Hall–Kier alpha value is -3.88. The van der Waals surface area contributed by atoms with Gasteiger partial charge in [-0.2, -0.15) is 0 Å². The van der Waals surface area contributed by atoms with Crippen molar-refractivity contribution in [3.8, 4) is 0 Å². The topological polar surface area (TPSA) is 121 Å². The molecule has 156 valence electrons. The highest BCUT2D eigenvalue weighted by atomic mass is 16.6. The summed E-state index contributed by atoms with van der Waals surface area (Å²) in [5.74, 6) is -1.78. The molecule has 1 aliphatic rings. The average molecular weight is 412 g/mol. The zero-order valence-corrected chi connectivity index (χ0v) is 16.6. The van der Waals surface area contributed by atoms with E-state index in [1.807, 2.05) is 0 Å². The quantitative estimate of drug-likeness (QED) is 0.436. The maximum absolute atomic E-state index is 13.0. The molecule has 1 aromatic heterocycles. The molecule has 9 heteroatoms. The van der Waals surface area contributed by atoms with E-state index < -0.39 is 22.8 Å². The van der Waals surface area contributed by atoms with Crippen molar-refractivity contribution in [2.24, 2.45) is 0 Å². The lowest BCUT2D eigenvalue weighted by molar-refractivity contribution is -0.384. The van der Waals surface area contributed by atoms with Crippen molar-refractivity contribution in [2.75, 3.05) is 7.11 Å². The molecule has 2 heterocycles. The number of ether oxygens (including phenoxy) is 2. The highest BCUT2D eigenvalue weighted by molar-refractivity contribution is 5.99. The lowest BCUT2D eigenvalue weighted by Crippen LogP contribution is -2.32. The summed E-state index contributed by atoms with van der Waals surface area (Å²) in [6, 6.07) is 9.12. The van der Waals surface area contributed by atoms with Crippen molar-refractivity contribution in [3.05, 3.63) is 86.6 Å². The molecule has 9 nitrogen and oxygen atoms in total. The summed E-state index contributed by atoms with van der Waals surface area (Å²) in [7, 11) is 1.23. The van der Waals surface area contributed by atoms with Crippen LogP contribution in [0.15, 0.2) is 69.6 Å². The largest absolute Gasteiger partial charge is 0.466 e. The second kappa shape index (κ2) is 8.64. The molecule has 1 aromatic carbocycles. The lowest BCUT2D eigenvalue weighted by Gasteiger charge is -2.30. The van der Waals surface area contributed by atoms with Crippen LogP contribution >= 0.6 is 0 Å². The number of carbonyl (C=O) groups is 2. The molecule has 2 aromatic rings. The molecule has 0 fully saturated rings. The number of rotatable bonds is 6. The summed E-state index contributed by atoms with van der Waals surface area (Å²) in [6.07, 6.45) is 1.46. The molecular formula is C21H20N2O7. The third-order valence-corrected chi connectivity index (χ3v) is 4.73. The number of hydrogen-bond donors (Lipinski definition) is 1. The van der Waals surface area contributed by atoms with Crippen LogP contribution in [0, 0.1) is 10.1 Å². The number of carbonyl (C=O) groups excluding carboxylic acids is 2. The number of nitro groups is 1. The van der Waals surface area contributed by atoms with E-state index in [0.717, 1.165) is 0 Å². The highest BCUT2D eigenvalue weighted by Gasteiger charge is 2.38. The summed E-state index contributed by atoms with van der Waals surface area (Å²) in [5.41, 5.74) is 1.53. The van der Waals surface area contributed by atoms with E-state index in [4.69, 9.17) is 13.9 Å². The van der Waals surface area contributed by atoms with E-state index in [1.165, 1.54) is 31.6 Å². The first kappa shape index (κ1) is 20.8. The molecule has 1 aliphatic heterocycles. The van der Waals surface area contributed by atoms with Gasteiger partial charge in [0.05, 0.1) is 35.4 Å². The van der Waals surface area contributed by atoms with Crippen molar-refractivity contribution in [3.63, 3.8) is 0 Å². The summed E-state index contributed by atoms with van der Waals surface area (Å²) < 4.78 is 15.5. The molecule has 0 aliphatic carbocycles. The van der Waals surface area contributed by atoms with Crippen molar-refractivity contribution in [2.45, 2.75) is 26.4 Å². The Morgan fingerprint density at radius 2 is 1.83 bits per heavy atom. The summed E-state index contributed by atoms with van der Waals surface area (Å²) in [6.45, 7) is 3.25. The van der Waals surface area contributed by atoms with Crippen LogP contribution in [0.4, 0.5) is 5.69 Å². The van der Waals surface area contributed by atoms with Crippen LogP contribution in [0.1, 0.15) is 31.1 Å². The van der Waals surface area contributed by atoms with E-state index in [9.17, 15) is 19.7 Å². The van der Waals surface area contributed by atoms with Crippen molar-refractivity contribution in [1.82, 2.24) is 5.32 Å². The van der Waals surface area contributed by atoms with Gasteiger partial charge in [-0.3, -0.25) is 10.1 Å².